The Morgan fingerprint density at radius 2 is 1.84 bits per heavy atom. The Labute approximate surface area is 126 Å². The van der Waals surface area contributed by atoms with Gasteiger partial charge in [0.05, 0.1) is 4.47 Å². The van der Waals surface area contributed by atoms with Crippen LogP contribution in [0.4, 0.5) is 4.39 Å². The third-order valence-electron chi connectivity index (χ3n) is 2.44. The fraction of sp³-hybridized carbons (Fsp3) is 0.0714. The molecule has 0 aliphatic heterocycles. The fourth-order valence-corrected chi connectivity index (χ4v) is 2.49. The molecule has 5 heteroatoms. The van der Waals surface area contributed by atoms with Crippen LogP contribution in [0.25, 0.3) is 0 Å². The topological polar surface area (TPSA) is 26.3 Å². The minimum atomic E-state index is -0.377. The maximum Gasteiger partial charge on any atom is 0.160 e. The van der Waals surface area contributed by atoms with Crippen molar-refractivity contribution in [3.8, 4) is 11.5 Å². The molecule has 0 fully saturated rings. The van der Waals surface area contributed by atoms with Crippen molar-refractivity contribution < 1.29 is 13.9 Å². The summed E-state index contributed by atoms with van der Waals surface area (Å²) in [5, 5.41) is 0. The van der Waals surface area contributed by atoms with Crippen LogP contribution in [0, 0.1) is 5.82 Å². The molecule has 2 rings (SSSR count). The van der Waals surface area contributed by atoms with Crippen LogP contribution >= 0.6 is 31.9 Å². The highest BCUT2D eigenvalue weighted by molar-refractivity contribution is 9.10. The van der Waals surface area contributed by atoms with Gasteiger partial charge in [0.25, 0.3) is 0 Å². The van der Waals surface area contributed by atoms with Crippen molar-refractivity contribution in [2.75, 3.05) is 0 Å². The minimum Gasteiger partial charge on any atom is -0.456 e. The molecule has 0 saturated carbocycles. The second-order valence-corrected chi connectivity index (χ2v) is 5.58. The molecule has 0 spiro atoms. The summed E-state index contributed by atoms with van der Waals surface area (Å²) in [7, 11) is 0. The third kappa shape index (κ3) is 3.42. The van der Waals surface area contributed by atoms with Gasteiger partial charge in [0.1, 0.15) is 17.3 Å². The number of carbonyl (C=O) groups excluding carboxylic acids is 1. The number of rotatable bonds is 3. The van der Waals surface area contributed by atoms with Gasteiger partial charge in [0, 0.05) is 16.1 Å². The van der Waals surface area contributed by atoms with Crippen LogP contribution in [0.3, 0.4) is 0 Å². The highest BCUT2D eigenvalue weighted by atomic mass is 79.9. The molecular formula is C14H9Br2FO2. The van der Waals surface area contributed by atoms with E-state index in [1.54, 1.807) is 24.3 Å². The lowest BCUT2D eigenvalue weighted by atomic mass is 10.1. The number of hydrogen-bond acceptors (Lipinski definition) is 2. The fourth-order valence-electron chi connectivity index (χ4n) is 1.53. The van der Waals surface area contributed by atoms with Gasteiger partial charge in [-0.25, -0.2) is 4.39 Å². The summed E-state index contributed by atoms with van der Waals surface area (Å²) in [6, 6.07) is 9.20. The van der Waals surface area contributed by atoms with Crippen molar-refractivity contribution in [2.24, 2.45) is 0 Å². The van der Waals surface area contributed by atoms with Gasteiger partial charge in [-0.2, -0.15) is 0 Å². The second kappa shape index (κ2) is 5.84. The molecule has 0 atom stereocenters. The molecule has 19 heavy (non-hydrogen) atoms. The van der Waals surface area contributed by atoms with Gasteiger partial charge in [-0.1, -0.05) is 0 Å². The van der Waals surface area contributed by atoms with Crippen molar-refractivity contribution in [3.63, 3.8) is 0 Å². The number of carbonyl (C=O) groups is 1. The normalized spacial score (nSPS) is 10.3. The van der Waals surface area contributed by atoms with Gasteiger partial charge in [0.2, 0.25) is 0 Å². The molecule has 0 bridgehead atoms. The Morgan fingerprint density at radius 3 is 2.47 bits per heavy atom. The third-order valence-corrected chi connectivity index (χ3v) is 3.75. The first-order valence-electron chi connectivity index (χ1n) is 5.41. The molecule has 2 aromatic carbocycles. The molecule has 0 unspecified atom stereocenters. The molecule has 98 valence electrons. The van der Waals surface area contributed by atoms with Crippen molar-refractivity contribution in [1.82, 2.24) is 0 Å². The lowest BCUT2D eigenvalue weighted by Crippen LogP contribution is -1.94. The molecule has 0 heterocycles. The van der Waals surface area contributed by atoms with Crippen LogP contribution < -0.4 is 4.74 Å². The first kappa shape index (κ1) is 14.2. The summed E-state index contributed by atoms with van der Waals surface area (Å²) in [6.45, 7) is 1.49. The van der Waals surface area contributed by atoms with Gasteiger partial charge in [0.15, 0.2) is 5.78 Å². The average molecular weight is 388 g/mol. The SMILES string of the molecule is CC(=O)c1ccc(Oc2cc(F)ccc2Br)cc1Br. The molecule has 0 amide bonds. The lowest BCUT2D eigenvalue weighted by molar-refractivity contribution is 0.101. The summed E-state index contributed by atoms with van der Waals surface area (Å²) >= 11 is 6.59. The molecule has 0 saturated heterocycles. The van der Waals surface area contributed by atoms with Crippen LogP contribution in [-0.2, 0) is 0 Å². The largest absolute Gasteiger partial charge is 0.456 e. The molecule has 2 aromatic rings. The van der Waals surface area contributed by atoms with Crippen molar-refractivity contribution in [2.45, 2.75) is 6.92 Å². The van der Waals surface area contributed by atoms with Crippen LogP contribution in [0.2, 0.25) is 0 Å². The highest BCUT2D eigenvalue weighted by Crippen LogP contribution is 2.32. The summed E-state index contributed by atoms with van der Waals surface area (Å²) in [4.78, 5) is 11.3. The van der Waals surface area contributed by atoms with Crippen molar-refractivity contribution >= 4 is 37.6 Å². The standard InChI is InChI=1S/C14H9Br2FO2/c1-8(18)11-4-3-10(7-13(11)16)19-14-6-9(17)2-5-12(14)15/h2-7H,1H3. The van der Waals surface area contributed by atoms with Gasteiger partial charge >= 0.3 is 0 Å². The molecule has 0 aromatic heterocycles. The van der Waals surface area contributed by atoms with Crippen LogP contribution in [0.5, 0.6) is 11.5 Å². The Kier molecular flexibility index (Phi) is 4.37. The maximum atomic E-state index is 13.1. The average Bonchev–Trinajstić information content (AvgIpc) is 2.33. The van der Waals surface area contributed by atoms with Crippen LogP contribution in [0.1, 0.15) is 17.3 Å². The molecule has 0 aliphatic rings. The Morgan fingerprint density at radius 1 is 1.11 bits per heavy atom. The van der Waals surface area contributed by atoms with E-state index in [9.17, 15) is 9.18 Å². The van der Waals surface area contributed by atoms with Gasteiger partial charge < -0.3 is 4.74 Å². The zero-order valence-corrected chi connectivity index (χ0v) is 13.1. The second-order valence-electron chi connectivity index (χ2n) is 3.87. The van der Waals surface area contributed by atoms with E-state index in [-0.39, 0.29) is 11.6 Å². The first-order valence-corrected chi connectivity index (χ1v) is 6.99. The van der Waals surface area contributed by atoms with Gasteiger partial charge in [-0.3, -0.25) is 4.79 Å². The van der Waals surface area contributed by atoms with Gasteiger partial charge in [-0.15, -0.1) is 0 Å². The van der Waals surface area contributed by atoms with E-state index in [2.05, 4.69) is 31.9 Å². The Balaban J connectivity index is 2.31. The number of ketones is 1. The zero-order valence-electron chi connectivity index (χ0n) is 9.91. The van der Waals surface area contributed by atoms with E-state index in [1.165, 1.54) is 19.1 Å². The van der Waals surface area contributed by atoms with E-state index in [0.29, 0.717) is 26.0 Å². The van der Waals surface area contributed by atoms with E-state index in [1.807, 2.05) is 0 Å². The maximum absolute atomic E-state index is 13.1. The lowest BCUT2D eigenvalue weighted by Gasteiger charge is -2.09. The predicted molar refractivity (Wildman–Crippen MR) is 78.3 cm³/mol. The number of hydrogen-bond donors (Lipinski definition) is 0. The predicted octanol–water partition coefficient (Wildman–Crippen LogP) is 5.35. The summed E-state index contributed by atoms with van der Waals surface area (Å²) < 4.78 is 20.0. The molecule has 0 N–H and O–H groups in total. The molecule has 0 aliphatic carbocycles. The summed E-state index contributed by atoms with van der Waals surface area (Å²) in [5.41, 5.74) is 0.575. The summed E-state index contributed by atoms with van der Waals surface area (Å²) in [6.07, 6.45) is 0. The van der Waals surface area contributed by atoms with E-state index < -0.39 is 0 Å². The number of benzene rings is 2. The van der Waals surface area contributed by atoms with Crippen molar-refractivity contribution in [3.05, 3.63) is 56.7 Å². The summed E-state index contributed by atoms with van der Waals surface area (Å²) in [5.74, 6) is 0.480. The minimum absolute atomic E-state index is 0.0367. The molecular weight excluding hydrogens is 379 g/mol. The van der Waals surface area contributed by atoms with Crippen LogP contribution in [0.15, 0.2) is 45.3 Å². The Hall–Kier alpha value is -1.20. The number of halogens is 3. The highest BCUT2D eigenvalue weighted by Gasteiger charge is 2.09. The van der Waals surface area contributed by atoms with Gasteiger partial charge in [-0.05, 0) is 69.1 Å². The molecule has 2 nitrogen and oxygen atoms in total. The number of Topliss-reactive ketones (excluding diaryl/α,β-unsaturated/α-hetero) is 1. The quantitative estimate of drug-likeness (QED) is 0.664. The van der Waals surface area contributed by atoms with Crippen LogP contribution in [-0.4, -0.2) is 5.78 Å². The monoisotopic (exact) mass is 386 g/mol. The van der Waals surface area contributed by atoms with E-state index in [0.717, 1.165) is 0 Å². The van der Waals surface area contributed by atoms with Crippen molar-refractivity contribution in [1.29, 1.82) is 0 Å². The Bertz CT molecular complexity index is 641. The smallest absolute Gasteiger partial charge is 0.160 e. The van der Waals surface area contributed by atoms with E-state index >= 15 is 0 Å². The first-order chi connectivity index (χ1) is 8.97. The van der Waals surface area contributed by atoms with E-state index in [4.69, 9.17) is 4.74 Å². The molecule has 0 radical (unpaired) electrons. The number of ether oxygens (including phenoxy) is 1. The zero-order chi connectivity index (χ0) is 14.0.